The van der Waals surface area contributed by atoms with Crippen molar-refractivity contribution in [2.75, 3.05) is 6.54 Å². The van der Waals surface area contributed by atoms with Crippen LogP contribution in [0.25, 0.3) is 0 Å². The second kappa shape index (κ2) is 6.87. The highest BCUT2D eigenvalue weighted by Gasteiger charge is 2.36. The first-order chi connectivity index (χ1) is 11.4. The molecule has 1 aliphatic carbocycles. The van der Waals surface area contributed by atoms with Crippen LogP contribution in [0.15, 0.2) is 53.4 Å². The molecule has 1 N–H and O–H groups in total. The first kappa shape index (κ1) is 17.5. The van der Waals surface area contributed by atoms with E-state index >= 15 is 0 Å². The molecule has 5 heteroatoms. The summed E-state index contributed by atoms with van der Waals surface area (Å²) in [6.07, 6.45) is 4.30. The van der Waals surface area contributed by atoms with E-state index in [2.05, 4.69) is 35.9 Å². The van der Waals surface area contributed by atoms with E-state index in [1.54, 1.807) is 12.1 Å². The lowest BCUT2D eigenvalue weighted by molar-refractivity contribution is 0.432. The van der Waals surface area contributed by atoms with Crippen LogP contribution in [0.1, 0.15) is 36.8 Å². The highest BCUT2D eigenvalue weighted by Crippen LogP contribution is 2.41. The highest BCUT2D eigenvalue weighted by molar-refractivity contribution is 7.89. The van der Waals surface area contributed by atoms with Gasteiger partial charge in [-0.2, -0.15) is 0 Å². The normalized spacial score (nSPS) is 17.1. The molecule has 1 saturated carbocycles. The Kier molecular flexibility index (Phi) is 5.00. The molecule has 0 aromatic heterocycles. The van der Waals surface area contributed by atoms with Gasteiger partial charge in [-0.3, -0.25) is 0 Å². The Morgan fingerprint density at radius 1 is 1.00 bits per heavy atom. The first-order valence-electron chi connectivity index (χ1n) is 8.24. The molecule has 0 unspecified atom stereocenters. The van der Waals surface area contributed by atoms with E-state index in [1.807, 2.05) is 0 Å². The molecule has 0 bridgehead atoms. The molecule has 1 fully saturated rings. The summed E-state index contributed by atoms with van der Waals surface area (Å²) in [4.78, 5) is 0.254. The quantitative estimate of drug-likeness (QED) is 0.853. The number of hydrogen-bond donors (Lipinski definition) is 1. The lowest BCUT2D eigenvalue weighted by atomic mass is 9.79. The minimum Gasteiger partial charge on any atom is -0.210 e. The topological polar surface area (TPSA) is 46.2 Å². The zero-order valence-corrected chi connectivity index (χ0v) is 15.3. The predicted molar refractivity (Wildman–Crippen MR) is 98.0 cm³/mol. The van der Waals surface area contributed by atoms with Crippen molar-refractivity contribution in [3.8, 4) is 0 Å². The van der Waals surface area contributed by atoms with Gasteiger partial charge >= 0.3 is 0 Å². The van der Waals surface area contributed by atoms with Crippen molar-refractivity contribution in [1.29, 1.82) is 0 Å². The van der Waals surface area contributed by atoms with Crippen LogP contribution in [0, 0.1) is 6.92 Å². The van der Waals surface area contributed by atoms with Crippen LogP contribution in [0.4, 0.5) is 0 Å². The average molecular weight is 364 g/mol. The van der Waals surface area contributed by atoms with Crippen LogP contribution in [0.5, 0.6) is 0 Å². The molecule has 0 radical (unpaired) electrons. The van der Waals surface area contributed by atoms with Crippen LogP contribution in [0.3, 0.4) is 0 Å². The van der Waals surface area contributed by atoms with Crippen molar-refractivity contribution in [3.05, 3.63) is 64.7 Å². The van der Waals surface area contributed by atoms with Crippen molar-refractivity contribution < 1.29 is 8.42 Å². The minimum absolute atomic E-state index is 0.104. The van der Waals surface area contributed by atoms with Gasteiger partial charge in [0.25, 0.3) is 0 Å². The number of halogens is 1. The lowest BCUT2D eigenvalue weighted by Crippen LogP contribution is -2.39. The van der Waals surface area contributed by atoms with Crippen LogP contribution >= 0.6 is 11.6 Å². The molecule has 0 aliphatic heterocycles. The van der Waals surface area contributed by atoms with Gasteiger partial charge < -0.3 is 0 Å². The van der Waals surface area contributed by atoms with Crippen molar-refractivity contribution >= 4 is 21.6 Å². The molecule has 0 saturated heterocycles. The third-order valence-corrected chi connectivity index (χ3v) is 6.62. The Morgan fingerprint density at radius 3 is 2.17 bits per heavy atom. The molecular formula is C19H22ClNO2S. The number of rotatable bonds is 5. The Bertz CT molecular complexity index is 792. The van der Waals surface area contributed by atoms with Gasteiger partial charge in [-0.25, -0.2) is 13.1 Å². The summed E-state index contributed by atoms with van der Waals surface area (Å²) in [7, 11) is -3.53. The summed E-state index contributed by atoms with van der Waals surface area (Å²) in [5, 5.41) is 0.529. The molecule has 3 rings (SSSR count). The maximum atomic E-state index is 12.6. The van der Waals surface area contributed by atoms with Crippen molar-refractivity contribution in [2.24, 2.45) is 0 Å². The third kappa shape index (κ3) is 3.66. The van der Waals surface area contributed by atoms with Gasteiger partial charge in [0.2, 0.25) is 10.0 Å². The van der Waals surface area contributed by atoms with E-state index in [0.717, 1.165) is 25.7 Å². The van der Waals surface area contributed by atoms with Crippen LogP contribution < -0.4 is 4.72 Å². The molecule has 24 heavy (non-hydrogen) atoms. The molecule has 0 spiro atoms. The van der Waals surface area contributed by atoms with Crippen molar-refractivity contribution in [1.82, 2.24) is 4.72 Å². The average Bonchev–Trinajstić information content (AvgIpc) is 3.04. The van der Waals surface area contributed by atoms with Gasteiger partial charge in [0.15, 0.2) is 0 Å². The fourth-order valence-electron chi connectivity index (χ4n) is 3.46. The van der Waals surface area contributed by atoms with E-state index in [0.29, 0.717) is 11.6 Å². The SMILES string of the molecule is Cc1ccc(C2(CNS(=O)(=O)c3ccc(Cl)cc3)CCCC2)cc1. The monoisotopic (exact) mass is 363 g/mol. The molecule has 0 amide bonds. The van der Waals surface area contributed by atoms with Crippen LogP contribution in [0.2, 0.25) is 5.02 Å². The van der Waals surface area contributed by atoms with E-state index in [-0.39, 0.29) is 10.3 Å². The Morgan fingerprint density at radius 2 is 1.58 bits per heavy atom. The molecular weight excluding hydrogens is 342 g/mol. The van der Waals surface area contributed by atoms with Crippen molar-refractivity contribution in [3.63, 3.8) is 0 Å². The smallest absolute Gasteiger partial charge is 0.210 e. The number of sulfonamides is 1. The molecule has 2 aromatic rings. The van der Waals surface area contributed by atoms with Gasteiger partial charge in [0.05, 0.1) is 4.90 Å². The second-order valence-corrected chi connectivity index (χ2v) is 8.84. The lowest BCUT2D eigenvalue weighted by Gasteiger charge is -2.30. The van der Waals surface area contributed by atoms with Gasteiger partial charge in [-0.1, -0.05) is 54.3 Å². The van der Waals surface area contributed by atoms with Gasteiger partial charge in [0.1, 0.15) is 0 Å². The molecule has 0 atom stereocenters. The minimum atomic E-state index is -3.53. The Hall–Kier alpha value is -1.36. The fraction of sp³-hybridized carbons (Fsp3) is 0.368. The number of benzene rings is 2. The first-order valence-corrected chi connectivity index (χ1v) is 10.1. The number of aryl methyl sites for hydroxylation is 1. The summed E-state index contributed by atoms with van der Waals surface area (Å²) in [6.45, 7) is 2.50. The van der Waals surface area contributed by atoms with E-state index in [1.165, 1.54) is 23.3 Å². The summed E-state index contributed by atoms with van der Waals surface area (Å²) in [5.74, 6) is 0. The van der Waals surface area contributed by atoms with Gasteiger partial charge in [-0.15, -0.1) is 0 Å². The maximum absolute atomic E-state index is 12.6. The zero-order chi connectivity index (χ0) is 17.2. The molecule has 128 valence electrons. The van der Waals surface area contributed by atoms with E-state index in [4.69, 9.17) is 11.6 Å². The molecule has 3 nitrogen and oxygen atoms in total. The summed E-state index contributed by atoms with van der Waals surface area (Å²) >= 11 is 5.84. The predicted octanol–water partition coefficient (Wildman–Crippen LogP) is 4.44. The largest absolute Gasteiger partial charge is 0.240 e. The highest BCUT2D eigenvalue weighted by atomic mass is 35.5. The number of hydrogen-bond acceptors (Lipinski definition) is 2. The van der Waals surface area contributed by atoms with Gasteiger partial charge in [0, 0.05) is 17.0 Å². The maximum Gasteiger partial charge on any atom is 0.240 e. The standard InChI is InChI=1S/C19H22ClNO2S/c1-15-4-6-16(7-5-15)19(12-2-3-13-19)14-21-24(22,23)18-10-8-17(20)9-11-18/h4-11,21H,2-3,12-14H2,1H3. The zero-order valence-electron chi connectivity index (χ0n) is 13.8. The molecule has 0 heterocycles. The number of nitrogens with one attached hydrogen (secondary N) is 1. The molecule has 2 aromatic carbocycles. The van der Waals surface area contributed by atoms with Crippen molar-refractivity contribution in [2.45, 2.75) is 42.9 Å². The molecule has 1 aliphatic rings. The third-order valence-electron chi connectivity index (χ3n) is 4.95. The second-order valence-electron chi connectivity index (χ2n) is 6.63. The fourth-order valence-corrected chi connectivity index (χ4v) is 4.71. The van der Waals surface area contributed by atoms with Gasteiger partial charge in [-0.05, 0) is 49.6 Å². The van der Waals surface area contributed by atoms with E-state index < -0.39 is 10.0 Å². The van der Waals surface area contributed by atoms with Crippen LogP contribution in [-0.4, -0.2) is 15.0 Å². The Balaban J connectivity index is 1.82. The van der Waals surface area contributed by atoms with E-state index in [9.17, 15) is 8.42 Å². The summed E-state index contributed by atoms with van der Waals surface area (Å²) < 4.78 is 28.0. The summed E-state index contributed by atoms with van der Waals surface area (Å²) in [5.41, 5.74) is 2.34. The van der Waals surface area contributed by atoms with Crippen LogP contribution in [-0.2, 0) is 15.4 Å². The Labute approximate surface area is 149 Å². The summed E-state index contributed by atoms with van der Waals surface area (Å²) in [6, 6.07) is 14.7.